The minimum absolute atomic E-state index is 0.0448. The van der Waals surface area contributed by atoms with E-state index in [1.165, 1.54) is 0 Å². The third kappa shape index (κ3) is 7.51. The highest BCUT2D eigenvalue weighted by molar-refractivity contribution is 6.03. The predicted molar refractivity (Wildman–Crippen MR) is 82.0 cm³/mol. The van der Waals surface area contributed by atoms with Gasteiger partial charge in [0.15, 0.2) is 0 Å². The third-order valence-electron chi connectivity index (χ3n) is 3.43. The highest BCUT2D eigenvalue weighted by Gasteiger charge is 2.35. The van der Waals surface area contributed by atoms with Crippen LogP contribution in [-0.4, -0.2) is 73.2 Å². The summed E-state index contributed by atoms with van der Waals surface area (Å²) < 4.78 is 10.2. The van der Waals surface area contributed by atoms with Crippen LogP contribution in [0.3, 0.4) is 0 Å². The standard InChI is InChI=1S/C15H24N2O7/c1-11-10-13(19)17(15(11)22)5-2-12(18)16-4-7-24-9-8-23-6-3-14(20)21/h11H,2-10H2,1H3,(H,16,18)(H,20,21). The van der Waals surface area contributed by atoms with Crippen molar-refractivity contribution < 1.29 is 33.8 Å². The fraction of sp³-hybridized carbons (Fsp3) is 0.733. The van der Waals surface area contributed by atoms with Crippen molar-refractivity contribution in [3.8, 4) is 0 Å². The summed E-state index contributed by atoms with van der Waals surface area (Å²) in [5.41, 5.74) is 0. The first-order valence-electron chi connectivity index (χ1n) is 7.90. The molecular formula is C15H24N2O7. The van der Waals surface area contributed by atoms with Gasteiger partial charge in [-0.05, 0) is 0 Å². The van der Waals surface area contributed by atoms with Crippen molar-refractivity contribution in [1.29, 1.82) is 0 Å². The molecule has 24 heavy (non-hydrogen) atoms. The second-order valence-electron chi connectivity index (χ2n) is 5.46. The van der Waals surface area contributed by atoms with Crippen molar-refractivity contribution in [2.45, 2.75) is 26.2 Å². The van der Waals surface area contributed by atoms with E-state index in [1.54, 1.807) is 6.92 Å². The zero-order chi connectivity index (χ0) is 17.9. The number of hydrogen-bond donors (Lipinski definition) is 2. The minimum atomic E-state index is -0.912. The number of carboxylic acids is 1. The van der Waals surface area contributed by atoms with Crippen molar-refractivity contribution in [3.63, 3.8) is 0 Å². The number of ether oxygens (including phenoxy) is 2. The Morgan fingerprint density at radius 3 is 2.42 bits per heavy atom. The number of nitrogens with zero attached hydrogens (tertiary/aromatic N) is 1. The third-order valence-corrected chi connectivity index (χ3v) is 3.43. The van der Waals surface area contributed by atoms with Crippen molar-refractivity contribution in [2.75, 3.05) is 39.5 Å². The first-order valence-corrected chi connectivity index (χ1v) is 7.90. The Kier molecular flexibility index (Phi) is 8.95. The Morgan fingerprint density at radius 1 is 1.17 bits per heavy atom. The van der Waals surface area contributed by atoms with Crippen LogP contribution in [0.2, 0.25) is 0 Å². The zero-order valence-electron chi connectivity index (χ0n) is 13.8. The highest BCUT2D eigenvalue weighted by Crippen LogP contribution is 2.18. The number of likely N-dealkylation sites (tertiary alicyclic amines) is 1. The number of carbonyl (C=O) groups excluding carboxylic acids is 3. The van der Waals surface area contributed by atoms with Gasteiger partial charge >= 0.3 is 5.97 Å². The second-order valence-corrected chi connectivity index (χ2v) is 5.46. The van der Waals surface area contributed by atoms with Crippen LogP contribution < -0.4 is 5.32 Å². The van der Waals surface area contributed by atoms with Gasteiger partial charge in [0.25, 0.3) is 0 Å². The molecule has 1 aliphatic heterocycles. The van der Waals surface area contributed by atoms with Crippen molar-refractivity contribution in [2.24, 2.45) is 5.92 Å². The summed E-state index contributed by atoms with van der Waals surface area (Å²) in [7, 11) is 0. The lowest BCUT2D eigenvalue weighted by Gasteiger charge is -2.14. The van der Waals surface area contributed by atoms with E-state index in [1.807, 2.05) is 0 Å². The minimum Gasteiger partial charge on any atom is -0.481 e. The van der Waals surface area contributed by atoms with E-state index < -0.39 is 5.97 Å². The van der Waals surface area contributed by atoms with E-state index in [0.29, 0.717) is 26.4 Å². The Hall–Kier alpha value is -2.00. The lowest BCUT2D eigenvalue weighted by atomic mass is 10.1. The van der Waals surface area contributed by atoms with Crippen LogP contribution in [0.4, 0.5) is 0 Å². The monoisotopic (exact) mass is 344 g/mol. The lowest BCUT2D eigenvalue weighted by Crippen LogP contribution is -2.35. The second kappa shape index (κ2) is 10.7. The normalized spacial score (nSPS) is 17.4. The molecule has 1 saturated heterocycles. The molecule has 1 fully saturated rings. The molecule has 1 atom stereocenters. The number of hydrogen-bond acceptors (Lipinski definition) is 6. The largest absolute Gasteiger partial charge is 0.481 e. The molecule has 136 valence electrons. The summed E-state index contributed by atoms with van der Waals surface area (Å²) in [6, 6.07) is 0. The first-order chi connectivity index (χ1) is 11.4. The average Bonchev–Trinajstić information content (AvgIpc) is 2.76. The molecule has 0 saturated carbocycles. The molecule has 0 aromatic carbocycles. The van der Waals surface area contributed by atoms with Gasteiger partial charge in [-0.15, -0.1) is 0 Å². The van der Waals surface area contributed by atoms with Crippen LogP contribution in [0.1, 0.15) is 26.2 Å². The van der Waals surface area contributed by atoms with Crippen molar-refractivity contribution in [3.05, 3.63) is 0 Å². The van der Waals surface area contributed by atoms with Gasteiger partial charge < -0.3 is 19.9 Å². The Bertz CT molecular complexity index is 467. The molecule has 3 amide bonds. The summed E-state index contributed by atoms with van der Waals surface area (Å²) in [4.78, 5) is 46.2. The molecule has 9 nitrogen and oxygen atoms in total. The summed E-state index contributed by atoms with van der Waals surface area (Å²) in [6.07, 6.45) is 0.238. The van der Waals surface area contributed by atoms with Gasteiger partial charge in [-0.2, -0.15) is 0 Å². The van der Waals surface area contributed by atoms with Crippen LogP contribution >= 0.6 is 0 Å². The maximum Gasteiger partial charge on any atom is 0.305 e. The van der Waals surface area contributed by atoms with Gasteiger partial charge in [-0.3, -0.25) is 24.1 Å². The molecule has 2 N–H and O–H groups in total. The Labute approximate surface area is 140 Å². The van der Waals surface area contributed by atoms with Gasteiger partial charge in [-0.1, -0.05) is 6.92 Å². The van der Waals surface area contributed by atoms with E-state index in [-0.39, 0.29) is 56.1 Å². The maximum atomic E-state index is 11.7. The number of carbonyl (C=O) groups is 4. The highest BCUT2D eigenvalue weighted by atomic mass is 16.5. The van der Waals surface area contributed by atoms with Crippen LogP contribution in [0.15, 0.2) is 0 Å². The van der Waals surface area contributed by atoms with Crippen LogP contribution in [0.25, 0.3) is 0 Å². The maximum absolute atomic E-state index is 11.7. The SMILES string of the molecule is CC1CC(=O)N(CCC(=O)NCCOCCOCCC(=O)O)C1=O. The van der Waals surface area contributed by atoms with E-state index in [0.717, 1.165) is 4.90 Å². The van der Waals surface area contributed by atoms with Crippen LogP contribution in [0.5, 0.6) is 0 Å². The van der Waals surface area contributed by atoms with Gasteiger partial charge in [0.2, 0.25) is 17.7 Å². The summed E-state index contributed by atoms with van der Waals surface area (Å²) >= 11 is 0. The van der Waals surface area contributed by atoms with Crippen molar-refractivity contribution in [1.82, 2.24) is 10.2 Å². The number of nitrogens with one attached hydrogen (secondary N) is 1. The smallest absolute Gasteiger partial charge is 0.305 e. The molecule has 9 heteroatoms. The molecule has 0 aromatic rings. The molecule has 0 aliphatic carbocycles. The number of amides is 3. The molecule has 0 bridgehead atoms. The fourth-order valence-electron chi connectivity index (χ4n) is 2.13. The Balaban J connectivity index is 1.98. The average molecular weight is 344 g/mol. The predicted octanol–water partition coefficient (Wildman–Crippen LogP) is -0.604. The number of carboxylic acid groups (broad SMARTS) is 1. The molecule has 1 aliphatic rings. The lowest BCUT2D eigenvalue weighted by molar-refractivity contribution is -0.140. The summed E-state index contributed by atoms with van der Waals surface area (Å²) in [5, 5.41) is 11.0. The quantitative estimate of drug-likeness (QED) is 0.358. The molecule has 1 heterocycles. The first kappa shape index (κ1) is 20.0. The van der Waals surface area contributed by atoms with Crippen LogP contribution in [-0.2, 0) is 28.7 Å². The molecule has 0 aromatic heterocycles. The molecular weight excluding hydrogens is 320 g/mol. The molecule has 0 spiro atoms. The van der Waals surface area contributed by atoms with E-state index >= 15 is 0 Å². The molecule has 1 rings (SSSR count). The Morgan fingerprint density at radius 2 is 1.83 bits per heavy atom. The van der Waals surface area contributed by atoms with Gasteiger partial charge in [0.05, 0.1) is 32.8 Å². The van der Waals surface area contributed by atoms with Gasteiger partial charge in [0, 0.05) is 31.8 Å². The van der Waals surface area contributed by atoms with Crippen LogP contribution in [0, 0.1) is 5.92 Å². The zero-order valence-corrected chi connectivity index (χ0v) is 13.8. The van der Waals surface area contributed by atoms with Gasteiger partial charge in [-0.25, -0.2) is 0 Å². The summed E-state index contributed by atoms with van der Waals surface area (Å²) in [6.45, 7) is 3.15. The van der Waals surface area contributed by atoms with Crippen molar-refractivity contribution >= 4 is 23.7 Å². The molecule has 0 radical (unpaired) electrons. The topological polar surface area (TPSA) is 122 Å². The van der Waals surface area contributed by atoms with E-state index in [9.17, 15) is 19.2 Å². The summed E-state index contributed by atoms with van der Waals surface area (Å²) in [5.74, 6) is -1.92. The number of aliphatic carboxylic acids is 1. The number of imide groups is 1. The van der Waals surface area contributed by atoms with E-state index in [2.05, 4.69) is 5.32 Å². The number of rotatable bonds is 12. The van der Waals surface area contributed by atoms with E-state index in [4.69, 9.17) is 14.6 Å². The fourth-order valence-corrected chi connectivity index (χ4v) is 2.13. The van der Waals surface area contributed by atoms with Gasteiger partial charge in [0.1, 0.15) is 0 Å². The molecule has 1 unspecified atom stereocenters.